The number of hydrogen-bond acceptors (Lipinski definition) is 2. The molecule has 96 valence electrons. The molecule has 3 nitrogen and oxygen atoms in total. The largest absolute Gasteiger partial charge is 0.349 e. The minimum absolute atomic E-state index is 0.0368. The molecule has 0 aromatic heterocycles. The summed E-state index contributed by atoms with van der Waals surface area (Å²) in [4.78, 5) is 11.9. The van der Waals surface area contributed by atoms with Crippen LogP contribution in [0.5, 0.6) is 0 Å². The SMILES string of the molecule is C[C@H](NC(=O)C1C=CC(N)C1)c1cccc(F)c1. The van der Waals surface area contributed by atoms with Crippen LogP contribution in [0.2, 0.25) is 0 Å². The molecule has 0 saturated carbocycles. The van der Waals surface area contributed by atoms with Crippen LogP contribution in [0.4, 0.5) is 4.39 Å². The predicted molar refractivity (Wildman–Crippen MR) is 68.2 cm³/mol. The lowest BCUT2D eigenvalue weighted by atomic mass is 10.0. The maximum atomic E-state index is 13.1. The standard InChI is InChI=1S/C14H17FN2O/c1-9(10-3-2-4-12(15)7-10)17-14(18)11-5-6-13(16)8-11/h2-7,9,11,13H,8,16H2,1H3,(H,17,18)/t9-,11?,13?/m0/s1. The summed E-state index contributed by atoms with van der Waals surface area (Å²) < 4.78 is 13.1. The van der Waals surface area contributed by atoms with Crippen LogP contribution >= 0.6 is 0 Å². The Balaban J connectivity index is 1.97. The van der Waals surface area contributed by atoms with Gasteiger partial charge in [0.25, 0.3) is 0 Å². The summed E-state index contributed by atoms with van der Waals surface area (Å²) in [6, 6.07) is 6.00. The smallest absolute Gasteiger partial charge is 0.227 e. The van der Waals surface area contributed by atoms with Crippen LogP contribution < -0.4 is 11.1 Å². The summed E-state index contributed by atoms with van der Waals surface area (Å²) in [6.07, 6.45) is 4.32. The zero-order chi connectivity index (χ0) is 13.1. The van der Waals surface area contributed by atoms with E-state index in [0.717, 1.165) is 5.56 Å². The number of halogens is 1. The molecule has 3 N–H and O–H groups in total. The Labute approximate surface area is 106 Å². The van der Waals surface area contributed by atoms with Crippen molar-refractivity contribution in [2.75, 3.05) is 0 Å². The van der Waals surface area contributed by atoms with E-state index in [-0.39, 0.29) is 29.7 Å². The van der Waals surface area contributed by atoms with E-state index in [4.69, 9.17) is 5.73 Å². The van der Waals surface area contributed by atoms with Gasteiger partial charge < -0.3 is 11.1 Å². The molecule has 0 spiro atoms. The van der Waals surface area contributed by atoms with Gasteiger partial charge in [-0.25, -0.2) is 4.39 Å². The molecular formula is C14H17FN2O. The van der Waals surface area contributed by atoms with Crippen LogP contribution in [-0.4, -0.2) is 11.9 Å². The van der Waals surface area contributed by atoms with Crippen molar-refractivity contribution in [2.45, 2.75) is 25.4 Å². The third kappa shape index (κ3) is 2.96. The lowest BCUT2D eigenvalue weighted by Gasteiger charge is -2.17. The Morgan fingerprint density at radius 2 is 2.28 bits per heavy atom. The van der Waals surface area contributed by atoms with Gasteiger partial charge in [0.05, 0.1) is 12.0 Å². The van der Waals surface area contributed by atoms with Crippen LogP contribution in [0.1, 0.15) is 24.9 Å². The highest BCUT2D eigenvalue weighted by atomic mass is 19.1. The maximum Gasteiger partial charge on any atom is 0.227 e. The fourth-order valence-electron chi connectivity index (χ4n) is 2.10. The summed E-state index contributed by atoms with van der Waals surface area (Å²) in [5.74, 6) is -0.525. The normalized spacial score (nSPS) is 23.9. The fourth-order valence-corrected chi connectivity index (χ4v) is 2.10. The lowest BCUT2D eigenvalue weighted by molar-refractivity contribution is -0.124. The minimum atomic E-state index is -0.295. The van der Waals surface area contributed by atoms with E-state index in [1.807, 2.05) is 19.1 Å². The number of hydrogen-bond donors (Lipinski definition) is 2. The van der Waals surface area contributed by atoms with Crippen molar-refractivity contribution in [2.24, 2.45) is 11.7 Å². The Morgan fingerprint density at radius 1 is 1.50 bits per heavy atom. The van der Waals surface area contributed by atoms with Crippen molar-refractivity contribution in [3.63, 3.8) is 0 Å². The molecule has 18 heavy (non-hydrogen) atoms. The molecule has 1 aliphatic carbocycles. The van der Waals surface area contributed by atoms with E-state index in [1.54, 1.807) is 12.1 Å². The number of rotatable bonds is 3. The van der Waals surface area contributed by atoms with Crippen molar-refractivity contribution >= 4 is 5.91 Å². The lowest BCUT2D eigenvalue weighted by Crippen LogP contribution is -2.32. The van der Waals surface area contributed by atoms with Crippen molar-refractivity contribution in [1.29, 1.82) is 0 Å². The molecule has 0 heterocycles. The van der Waals surface area contributed by atoms with Gasteiger partial charge in [0, 0.05) is 6.04 Å². The second-order valence-corrected chi connectivity index (χ2v) is 4.68. The molecule has 0 fully saturated rings. The Hall–Kier alpha value is -1.68. The van der Waals surface area contributed by atoms with Gasteiger partial charge >= 0.3 is 0 Å². The number of amides is 1. The van der Waals surface area contributed by atoms with E-state index in [2.05, 4.69) is 5.32 Å². The van der Waals surface area contributed by atoms with Gasteiger partial charge in [0.1, 0.15) is 5.82 Å². The number of nitrogens with one attached hydrogen (secondary N) is 1. The quantitative estimate of drug-likeness (QED) is 0.803. The van der Waals surface area contributed by atoms with E-state index in [9.17, 15) is 9.18 Å². The molecule has 0 radical (unpaired) electrons. The van der Waals surface area contributed by atoms with Gasteiger partial charge in [-0.3, -0.25) is 4.79 Å². The van der Waals surface area contributed by atoms with E-state index >= 15 is 0 Å². The molecule has 0 bridgehead atoms. The van der Waals surface area contributed by atoms with Crippen LogP contribution in [0.3, 0.4) is 0 Å². The van der Waals surface area contributed by atoms with E-state index in [0.29, 0.717) is 6.42 Å². The van der Waals surface area contributed by atoms with Gasteiger partial charge in [-0.15, -0.1) is 0 Å². The average molecular weight is 248 g/mol. The number of benzene rings is 1. The van der Waals surface area contributed by atoms with Gasteiger partial charge in [-0.05, 0) is 31.0 Å². The second-order valence-electron chi connectivity index (χ2n) is 4.68. The first kappa shape index (κ1) is 12.8. The topological polar surface area (TPSA) is 55.1 Å². The van der Waals surface area contributed by atoms with Crippen LogP contribution in [-0.2, 0) is 4.79 Å². The molecule has 1 aromatic carbocycles. The number of carbonyl (C=O) groups is 1. The van der Waals surface area contributed by atoms with Gasteiger partial charge in [-0.1, -0.05) is 24.3 Å². The zero-order valence-corrected chi connectivity index (χ0v) is 10.3. The molecule has 3 atom stereocenters. The third-order valence-corrected chi connectivity index (χ3v) is 3.16. The van der Waals surface area contributed by atoms with Gasteiger partial charge in [0.15, 0.2) is 0 Å². The zero-order valence-electron chi connectivity index (χ0n) is 10.3. The summed E-state index contributed by atoms with van der Waals surface area (Å²) in [6.45, 7) is 1.84. The highest BCUT2D eigenvalue weighted by Crippen LogP contribution is 2.19. The van der Waals surface area contributed by atoms with Crippen LogP contribution in [0.15, 0.2) is 36.4 Å². The molecule has 1 aromatic rings. The molecule has 1 amide bonds. The fraction of sp³-hybridized carbons (Fsp3) is 0.357. The van der Waals surface area contributed by atoms with Crippen molar-refractivity contribution in [3.05, 3.63) is 47.8 Å². The Kier molecular flexibility index (Phi) is 3.77. The highest BCUT2D eigenvalue weighted by molar-refractivity contribution is 5.81. The van der Waals surface area contributed by atoms with E-state index in [1.165, 1.54) is 12.1 Å². The van der Waals surface area contributed by atoms with Gasteiger partial charge in [-0.2, -0.15) is 0 Å². The van der Waals surface area contributed by atoms with Gasteiger partial charge in [0.2, 0.25) is 5.91 Å². The molecule has 0 aliphatic heterocycles. The van der Waals surface area contributed by atoms with Crippen molar-refractivity contribution in [3.8, 4) is 0 Å². The molecule has 0 saturated heterocycles. The minimum Gasteiger partial charge on any atom is -0.349 e. The predicted octanol–water partition coefficient (Wildman–Crippen LogP) is 1.91. The molecule has 4 heteroatoms. The highest BCUT2D eigenvalue weighted by Gasteiger charge is 2.23. The third-order valence-electron chi connectivity index (χ3n) is 3.16. The Morgan fingerprint density at radius 3 is 2.89 bits per heavy atom. The first-order chi connectivity index (χ1) is 8.56. The van der Waals surface area contributed by atoms with E-state index < -0.39 is 0 Å². The molecular weight excluding hydrogens is 231 g/mol. The summed E-state index contributed by atoms with van der Waals surface area (Å²) in [5, 5.41) is 2.87. The summed E-state index contributed by atoms with van der Waals surface area (Å²) >= 11 is 0. The molecule has 2 unspecified atom stereocenters. The summed E-state index contributed by atoms with van der Waals surface area (Å²) in [5.41, 5.74) is 6.47. The van der Waals surface area contributed by atoms with Crippen molar-refractivity contribution in [1.82, 2.24) is 5.32 Å². The first-order valence-corrected chi connectivity index (χ1v) is 6.06. The van der Waals surface area contributed by atoms with Crippen molar-refractivity contribution < 1.29 is 9.18 Å². The second kappa shape index (κ2) is 5.31. The number of carbonyl (C=O) groups excluding carboxylic acids is 1. The number of nitrogens with two attached hydrogens (primary N) is 1. The molecule has 2 rings (SSSR count). The first-order valence-electron chi connectivity index (χ1n) is 6.06. The average Bonchev–Trinajstić information content (AvgIpc) is 2.76. The maximum absolute atomic E-state index is 13.1. The monoisotopic (exact) mass is 248 g/mol. The summed E-state index contributed by atoms with van der Waals surface area (Å²) in [7, 11) is 0. The Bertz CT molecular complexity index is 473. The van der Waals surface area contributed by atoms with Crippen LogP contribution in [0.25, 0.3) is 0 Å². The van der Waals surface area contributed by atoms with Crippen LogP contribution in [0, 0.1) is 11.7 Å². The molecule has 1 aliphatic rings.